The van der Waals surface area contributed by atoms with Gasteiger partial charge in [0, 0.05) is 11.1 Å². The molecule has 0 saturated carbocycles. The van der Waals surface area contributed by atoms with Crippen molar-refractivity contribution in [2.24, 2.45) is 0 Å². The van der Waals surface area contributed by atoms with Crippen LogP contribution in [0.2, 0.25) is 0 Å². The number of para-hydroxylation sites is 2. The molecule has 0 radical (unpaired) electrons. The summed E-state index contributed by atoms with van der Waals surface area (Å²) >= 11 is 0. The number of hydrogen-bond donors (Lipinski definition) is 6. The maximum Gasteiger partial charge on any atom is 0.123 e. The summed E-state index contributed by atoms with van der Waals surface area (Å²) in [5.74, 6) is 0.945. The zero-order valence-corrected chi connectivity index (χ0v) is 18.6. The molecule has 0 aliphatic heterocycles. The van der Waals surface area contributed by atoms with E-state index in [1.807, 2.05) is 13.8 Å². The van der Waals surface area contributed by atoms with E-state index in [2.05, 4.69) is 0 Å². The van der Waals surface area contributed by atoms with E-state index in [9.17, 15) is 25.5 Å². The summed E-state index contributed by atoms with van der Waals surface area (Å²) in [5, 5.41) is 61.7. The van der Waals surface area contributed by atoms with Crippen molar-refractivity contribution in [2.45, 2.75) is 56.7 Å². The van der Waals surface area contributed by atoms with Gasteiger partial charge < -0.3 is 40.1 Å². The fraction of sp³-hybridized carbons (Fsp3) is 0.500. The van der Waals surface area contributed by atoms with Gasteiger partial charge in [0.25, 0.3) is 0 Å². The van der Waals surface area contributed by atoms with Crippen LogP contribution in [0, 0.1) is 0 Å². The first-order chi connectivity index (χ1) is 15.2. The summed E-state index contributed by atoms with van der Waals surface area (Å²) in [6.07, 6.45) is -9.06. The van der Waals surface area contributed by atoms with E-state index in [-0.39, 0.29) is 0 Å². The van der Waals surface area contributed by atoms with Crippen LogP contribution >= 0.6 is 0 Å². The molecular weight excluding hydrogens is 416 g/mol. The predicted molar refractivity (Wildman–Crippen MR) is 119 cm³/mol. The molecule has 0 aliphatic carbocycles. The van der Waals surface area contributed by atoms with E-state index in [0.717, 1.165) is 0 Å². The molecule has 0 heterocycles. The number of aliphatic hydroxyl groups is 6. The van der Waals surface area contributed by atoms with E-state index in [1.165, 1.54) is 0 Å². The molecule has 0 bridgehead atoms. The van der Waals surface area contributed by atoms with Gasteiger partial charge in [0.15, 0.2) is 0 Å². The van der Waals surface area contributed by atoms with Crippen molar-refractivity contribution in [3.63, 3.8) is 0 Å². The number of hydrogen-bond acceptors (Lipinski definition) is 8. The summed E-state index contributed by atoms with van der Waals surface area (Å²) in [6, 6.07) is 14.0. The van der Waals surface area contributed by atoms with Gasteiger partial charge in [-0.1, -0.05) is 36.4 Å². The molecule has 6 N–H and O–H groups in total. The molecule has 0 amide bonds. The van der Waals surface area contributed by atoms with Crippen molar-refractivity contribution in [1.82, 2.24) is 0 Å². The SMILES string of the molecule is CCOc1ccccc1C(C)(c1ccccc1OCC)C(O)[C@@H](O)[C@@H](O)[C@H](O)[C@@H](O)CO. The summed E-state index contributed by atoms with van der Waals surface area (Å²) < 4.78 is 11.6. The monoisotopic (exact) mass is 450 g/mol. The van der Waals surface area contributed by atoms with E-state index in [0.29, 0.717) is 35.8 Å². The van der Waals surface area contributed by atoms with Crippen LogP contribution < -0.4 is 9.47 Å². The van der Waals surface area contributed by atoms with Gasteiger partial charge in [-0.2, -0.15) is 0 Å². The van der Waals surface area contributed by atoms with Crippen LogP contribution in [0.1, 0.15) is 31.9 Å². The van der Waals surface area contributed by atoms with Gasteiger partial charge in [-0.15, -0.1) is 0 Å². The predicted octanol–water partition coefficient (Wildman–Crippen LogP) is 0.587. The fourth-order valence-corrected chi connectivity index (χ4v) is 3.88. The van der Waals surface area contributed by atoms with Crippen LogP contribution in [-0.4, -0.2) is 81.0 Å². The molecule has 8 heteroatoms. The third kappa shape index (κ3) is 5.23. The lowest BCUT2D eigenvalue weighted by atomic mass is 9.68. The largest absolute Gasteiger partial charge is 0.494 e. The Morgan fingerprint density at radius 3 is 1.56 bits per heavy atom. The molecule has 1 unspecified atom stereocenters. The third-order valence-corrected chi connectivity index (χ3v) is 5.69. The van der Waals surface area contributed by atoms with Crippen LogP contribution in [0.5, 0.6) is 11.5 Å². The maximum atomic E-state index is 11.4. The Morgan fingerprint density at radius 1 is 0.719 bits per heavy atom. The second-order valence-corrected chi connectivity index (χ2v) is 7.73. The van der Waals surface area contributed by atoms with Gasteiger partial charge in [-0.25, -0.2) is 0 Å². The molecule has 8 nitrogen and oxygen atoms in total. The molecule has 0 saturated heterocycles. The third-order valence-electron chi connectivity index (χ3n) is 5.69. The topological polar surface area (TPSA) is 140 Å². The van der Waals surface area contributed by atoms with Crippen LogP contribution in [0.15, 0.2) is 48.5 Å². The highest BCUT2D eigenvalue weighted by Gasteiger charge is 2.47. The Kier molecular flexibility index (Phi) is 9.45. The van der Waals surface area contributed by atoms with Crippen molar-refractivity contribution in [3.8, 4) is 11.5 Å². The summed E-state index contributed by atoms with van der Waals surface area (Å²) in [4.78, 5) is 0. The minimum Gasteiger partial charge on any atom is -0.494 e. The first kappa shape index (κ1) is 26.1. The lowest BCUT2D eigenvalue weighted by Crippen LogP contribution is -2.55. The Labute approximate surface area is 188 Å². The molecule has 0 aromatic heterocycles. The van der Waals surface area contributed by atoms with Crippen molar-refractivity contribution in [2.75, 3.05) is 19.8 Å². The molecular formula is C24H34O8. The smallest absolute Gasteiger partial charge is 0.123 e. The lowest BCUT2D eigenvalue weighted by molar-refractivity contribution is -0.148. The highest BCUT2D eigenvalue weighted by atomic mass is 16.5. The molecule has 0 fully saturated rings. The van der Waals surface area contributed by atoms with Crippen LogP contribution in [0.3, 0.4) is 0 Å². The number of aliphatic hydroxyl groups excluding tert-OH is 6. The second kappa shape index (κ2) is 11.6. The fourth-order valence-electron chi connectivity index (χ4n) is 3.88. The Hall–Kier alpha value is -2.20. The summed E-state index contributed by atoms with van der Waals surface area (Å²) in [7, 11) is 0. The number of ether oxygens (including phenoxy) is 2. The molecule has 2 aromatic carbocycles. The maximum absolute atomic E-state index is 11.4. The highest BCUT2D eigenvalue weighted by molar-refractivity contribution is 5.52. The van der Waals surface area contributed by atoms with Gasteiger partial charge in [0.05, 0.1) is 31.3 Å². The summed E-state index contributed by atoms with van der Waals surface area (Å²) in [6.45, 7) is 5.23. The Balaban J connectivity index is 2.67. The van der Waals surface area contributed by atoms with Gasteiger partial charge >= 0.3 is 0 Å². The quantitative estimate of drug-likeness (QED) is 0.276. The zero-order valence-electron chi connectivity index (χ0n) is 18.6. The van der Waals surface area contributed by atoms with Crippen molar-refractivity contribution >= 4 is 0 Å². The minimum atomic E-state index is -1.94. The number of rotatable bonds is 12. The molecule has 178 valence electrons. The average molecular weight is 451 g/mol. The molecule has 2 aromatic rings. The van der Waals surface area contributed by atoms with Gasteiger partial charge in [0.2, 0.25) is 0 Å². The van der Waals surface area contributed by atoms with E-state index in [1.54, 1.807) is 55.5 Å². The molecule has 5 atom stereocenters. The molecule has 2 rings (SSSR count). The van der Waals surface area contributed by atoms with Gasteiger partial charge in [-0.05, 0) is 32.9 Å². The minimum absolute atomic E-state index is 0.364. The second-order valence-electron chi connectivity index (χ2n) is 7.73. The summed E-state index contributed by atoms with van der Waals surface area (Å²) in [5.41, 5.74) is -0.295. The van der Waals surface area contributed by atoms with E-state index < -0.39 is 42.5 Å². The normalized spacial score (nSPS) is 16.7. The van der Waals surface area contributed by atoms with Crippen LogP contribution in [0.4, 0.5) is 0 Å². The van der Waals surface area contributed by atoms with Crippen molar-refractivity contribution < 1.29 is 40.1 Å². The average Bonchev–Trinajstić information content (AvgIpc) is 2.82. The first-order valence-corrected chi connectivity index (χ1v) is 10.7. The van der Waals surface area contributed by atoms with Crippen molar-refractivity contribution in [3.05, 3.63) is 59.7 Å². The van der Waals surface area contributed by atoms with Gasteiger partial charge in [-0.3, -0.25) is 0 Å². The first-order valence-electron chi connectivity index (χ1n) is 10.7. The molecule has 0 spiro atoms. The number of benzene rings is 2. The standard InChI is InChI=1S/C24H34O8/c1-4-31-18-12-8-6-10-15(18)24(3,16-11-7-9-13-19(16)32-5-2)23(30)22(29)21(28)20(27)17(26)14-25/h6-13,17,20-23,25-30H,4-5,14H2,1-3H3/t17-,20+,21-,22-,23?/m0/s1. The lowest BCUT2D eigenvalue weighted by Gasteiger charge is -2.41. The highest BCUT2D eigenvalue weighted by Crippen LogP contribution is 2.45. The van der Waals surface area contributed by atoms with Crippen LogP contribution in [-0.2, 0) is 5.41 Å². The van der Waals surface area contributed by atoms with Crippen LogP contribution in [0.25, 0.3) is 0 Å². The van der Waals surface area contributed by atoms with Gasteiger partial charge in [0.1, 0.15) is 35.9 Å². The van der Waals surface area contributed by atoms with Crippen molar-refractivity contribution in [1.29, 1.82) is 0 Å². The molecule has 32 heavy (non-hydrogen) atoms. The van der Waals surface area contributed by atoms with E-state index >= 15 is 0 Å². The zero-order chi connectivity index (χ0) is 23.9. The Morgan fingerprint density at radius 2 is 1.16 bits per heavy atom. The molecule has 0 aliphatic rings. The van der Waals surface area contributed by atoms with E-state index in [4.69, 9.17) is 14.6 Å². The Bertz CT molecular complexity index is 793.